The fourth-order valence-corrected chi connectivity index (χ4v) is 6.52. The molecule has 4 aromatic heterocycles. The number of carbonyl (C=O) groups excluding carboxylic acids is 2. The van der Waals surface area contributed by atoms with E-state index in [0.717, 1.165) is 14.6 Å². The van der Waals surface area contributed by atoms with Gasteiger partial charge in [-0.3, -0.25) is 0 Å². The molecule has 0 saturated heterocycles. The van der Waals surface area contributed by atoms with Crippen molar-refractivity contribution < 1.29 is 9.59 Å². The van der Waals surface area contributed by atoms with Gasteiger partial charge in [0.05, 0.1) is 0 Å². The molecular weight excluding hydrogens is 448 g/mol. The van der Waals surface area contributed by atoms with Crippen LogP contribution in [-0.4, -0.2) is 41.5 Å². The van der Waals surface area contributed by atoms with Crippen LogP contribution in [0.5, 0.6) is 0 Å². The molecule has 1 aliphatic carbocycles. The third kappa shape index (κ3) is 2.30. The fourth-order valence-electron chi connectivity index (χ4n) is 3.00. The number of aromatic nitrogens is 2. The summed E-state index contributed by atoms with van der Waals surface area (Å²) in [5.41, 5.74) is 1.80. The van der Waals surface area contributed by atoms with Gasteiger partial charge in [-0.05, 0) is 0 Å². The number of hydrogen-bond donors (Lipinski definition) is 0. The van der Waals surface area contributed by atoms with E-state index in [1.165, 1.54) is 15.0 Å². The normalized spacial score (nSPS) is 15.4. The van der Waals surface area contributed by atoms with Gasteiger partial charge in [-0.25, -0.2) is 0 Å². The number of allylic oxidation sites excluding steroid dienone is 1. The van der Waals surface area contributed by atoms with Crippen molar-refractivity contribution in [1.82, 2.24) is 9.55 Å². The van der Waals surface area contributed by atoms with Crippen molar-refractivity contribution in [2.24, 2.45) is 0 Å². The zero-order chi connectivity index (χ0) is 17.0. The summed E-state index contributed by atoms with van der Waals surface area (Å²) in [6.07, 6.45) is 5.61. The van der Waals surface area contributed by atoms with Crippen molar-refractivity contribution in [2.75, 3.05) is 0 Å². The average molecular weight is 458 g/mol. The van der Waals surface area contributed by atoms with Crippen LogP contribution in [0.1, 0.15) is 23.6 Å². The monoisotopic (exact) mass is 460 g/mol. The molecule has 4 nitrogen and oxygen atoms in total. The summed E-state index contributed by atoms with van der Waals surface area (Å²) in [5.74, 6) is -0.277. The van der Waals surface area contributed by atoms with Crippen molar-refractivity contribution in [3.05, 3.63) is 73.8 Å². The van der Waals surface area contributed by atoms with Gasteiger partial charge in [0.15, 0.2) is 0 Å². The van der Waals surface area contributed by atoms with E-state index in [4.69, 9.17) is 0 Å². The zero-order valence-electron chi connectivity index (χ0n) is 12.8. The second kappa shape index (κ2) is 5.63. The Bertz CT molecular complexity index is 1160. The van der Waals surface area contributed by atoms with Crippen molar-refractivity contribution in [2.45, 2.75) is 0 Å². The molecule has 1 aliphatic rings. The molecule has 0 radical (unpaired) electrons. The van der Waals surface area contributed by atoms with E-state index in [2.05, 4.69) is 21.7 Å². The van der Waals surface area contributed by atoms with Crippen LogP contribution in [-0.2, 0) is 0 Å². The Kier molecular flexibility index (Phi) is 3.39. The summed E-state index contributed by atoms with van der Waals surface area (Å²) >= 11 is 0.666. The summed E-state index contributed by atoms with van der Waals surface area (Å²) in [5, 5.41) is 2.90. The van der Waals surface area contributed by atoms with Gasteiger partial charge in [0, 0.05) is 0 Å². The fraction of sp³-hybridized carbons (Fsp3) is 0. The first kappa shape index (κ1) is 15.0. The summed E-state index contributed by atoms with van der Waals surface area (Å²) in [6.45, 7) is 0. The SMILES string of the molecule is O=C1/C(=C\c2ccc(-n3ccc4cccnc43)[te]2)C(=O)c2sccc21. The average Bonchev–Trinajstić information content (AvgIpc) is 3.38. The van der Waals surface area contributed by atoms with E-state index in [9.17, 15) is 9.59 Å². The molecule has 0 unspecified atom stereocenters. The number of hydrogen-bond acceptors (Lipinski definition) is 4. The Morgan fingerprint density at radius 3 is 2.88 bits per heavy atom. The number of carbonyl (C=O) groups is 2. The number of pyridine rings is 1. The van der Waals surface area contributed by atoms with Gasteiger partial charge in [-0.15, -0.1) is 0 Å². The van der Waals surface area contributed by atoms with Gasteiger partial charge < -0.3 is 0 Å². The predicted octanol–water partition coefficient (Wildman–Crippen LogP) is 3.61. The number of rotatable bonds is 2. The Balaban J connectivity index is 1.55. The predicted molar refractivity (Wildman–Crippen MR) is 99.0 cm³/mol. The van der Waals surface area contributed by atoms with Crippen molar-refractivity contribution >= 4 is 60.4 Å². The first-order valence-electron chi connectivity index (χ1n) is 7.63. The number of ketones is 2. The molecule has 6 heteroatoms. The van der Waals surface area contributed by atoms with E-state index in [1.54, 1.807) is 23.7 Å². The molecule has 0 bridgehead atoms. The van der Waals surface area contributed by atoms with Gasteiger partial charge >= 0.3 is 157 Å². The van der Waals surface area contributed by atoms with Crippen LogP contribution in [0.2, 0.25) is 0 Å². The van der Waals surface area contributed by atoms with E-state index in [0.29, 0.717) is 16.0 Å². The van der Waals surface area contributed by atoms with Gasteiger partial charge in [0.2, 0.25) is 0 Å². The first-order valence-corrected chi connectivity index (χ1v) is 10.8. The second-order valence-corrected chi connectivity index (χ2v) is 9.70. The molecule has 0 saturated carbocycles. The molecule has 5 rings (SSSR count). The molecule has 0 spiro atoms. The number of nitrogens with zero attached hydrogens (tertiary/aromatic N) is 2. The Labute approximate surface area is 156 Å². The maximum atomic E-state index is 12.4. The molecule has 0 N–H and O–H groups in total. The third-order valence-electron chi connectivity index (χ3n) is 4.19. The van der Waals surface area contributed by atoms with Gasteiger partial charge in [-0.1, -0.05) is 0 Å². The first-order chi connectivity index (χ1) is 12.2. The number of thiophene rings is 1. The standard InChI is InChI=1S/C19H10N2O2STe/c22-16-13-6-9-24-18(13)17(23)14(16)10-12-3-4-15(25-12)21-8-5-11-2-1-7-20-19(11)21/h1-10H/b14-10+. The Morgan fingerprint density at radius 1 is 1.08 bits per heavy atom. The van der Waals surface area contributed by atoms with E-state index >= 15 is 0 Å². The van der Waals surface area contributed by atoms with Gasteiger partial charge in [0.1, 0.15) is 0 Å². The minimum atomic E-state index is -0.674. The van der Waals surface area contributed by atoms with E-state index in [1.807, 2.05) is 24.4 Å². The minimum absolute atomic E-state index is 0.134. The third-order valence-corrected chi connectivity index (χ3v) is 8.05. The summed E-state index contributed by atoms with van der Waals surface area (Å²) in [4.78, 5) is 29.9. The molecular formula is C19H10N2O2STe. The van der Waals surface area contributed by atoms with Crippen molar-refractivity contribution in [3.8, 4) is 3.70 Å². The molecule has 0 atom stereocenters. The van der Waals surface area contributed by atoms with E-state index in [-0.39, 0.29) is 11.6 Å². The van der Waals surface area contributed by atoms with Crippen molar-refractivity contribution in [1.29, 1.82) is 0 Å². The molecule has 120 valence electrons. The van der Waals surface area contributed by atoms with Crippen molar-refractivity contribution in [3.63, 3.8) is 0 Å². The molecule has 0 amide bonds. The van der Waals surface area contributed by atoms with Crippen LogP contribution >= 0.6 is 11.3 Å². The summed E-state index contributed by atoms with van der Waals surface area (Å²) in [6, 6.07) is 11.8. The molecule has 4 aromatic rings. The quantitative estimate of drug-likeness (QED) is 0.262. The second-order valence-electron chi connectivity index (χ2n) is 5.66. The van der Waals surface area contributed by atoms with Crippen LogP contribution in [0.4, 0.5) is 0 Å². The summed E-state index contributed by atoms with van der Waals surface area (Å²) < 4.78 is 4.40. The van der Waals surface area contributed by atoms with E-state index < -0.39 is 20.4 Å². The summed E-state index contributed by atoms with van der Waals surface area (Å²) in [7, 11) is 0. The van der Waals surface area contributed by atoms with Gasteiger partial charge in [-0.2, -0.15) is 0 Å². The molecule has 0 aromatic carbocycles. The Hall–Kier alpha value is -2.26. The maximum absolute atomic E-state index is 12.4. The van der Waals surface area contributed by atoms with Crippen LogP contribution in [0, 0.1) is 0 Å². The van der Waals surface area contributed by atoms with Crippen LogP contribution in [0.25, 0.3) is 20.8 Å². The molecule has 0 fully saturated rings. The topological polar surface area (TPSA) is 52.0 Å². The van der Waals surface area contributed by atoms with Crippen LogP contribution in [0.3, 0.4) is 0 Å². The Morgan fingerprint density at radius 2 is 2.00 bits per heavy atom. The molecule has 25 heavy (non-hydrogen) atoms. The number of Topliss-reactive ketones (excluding diaryl/α,β-unsaturated/α-hetero) is 2. The zero-order valence-corrected chi connectivity index (χ0v) is 15.9. The molecule has 4 heterocycles. The van der Waals surface area contributed by atoms with Crippen LogP contribution < -0.4 is 0 Å². The van der Waals surface area contributed by atoms with Crippen LogP contribution in [0.15, 0.2) is 59.7 Å². The number of fused-ring (bicyclic) bond motifs is 2. The van der Waals surface area contributed by atoms with Gasteiger partial charge in [0.25, 0.3) is 0 Å². The molecule has 0 aliphatic heterocycles.